The van der Waals surface area contributed by atoms with Crippen LogP contribution in [-0.4, -0.2) is 4.57 Å². The van der Waals surface area contributed by atoms with Gasteiger partial charge in [0, 0.05) is 33.1 Å². The second-order valence-electron chi connectivity index (χ2n) is 14.9. The second-order valence-corrected chi connectivity index (χ2v) is 14.9. The summed E-state index contributed by atoms with van der Waals surface area (Å²) in [5, 5.41) is 7.48. The predicted molar refractivity (Wildman–Crippen MR) is 247 cm³/mol. The highest BCUT2D eigenvalue weighted by atomic mass is 15.1. The van der Waals surface area contributed by atoms with E-state index in [-0.39, 0.29) is 0 Å². The van der Waals surface area contributed by atoms with Gasteiger partial charge in [-0.25, -0.2) is 0 Å². The van der Waals surface area contributed by atoms with Crippen molar-refractivity contribution in [3.05, 3.63) is 231 Å². The summed E-state index contributed by atoms with van der Waals surface area (Å²) in [5.74, 6) is 0. The van der Waals surface area contributed by atoms with Gasteiger partial charge in [0.25, 0.3) is 0 Å². The number of fused-ring (bicyclic) bond motifs is 5. The zero-order chi connectivity index (χ0) is 38.4. The first-order chi connectivity index (χ1) is 28.8. The van der Waals surface area contributed by atoms with Gasteiger partial charge in [0.2, 0.25) is 0 Å². The van der Waals surface area contributed by atoms with E-state index in [0.29, 0.717) is 0 Å². The van der Waals surface area contributed by atoms with E-state index in [1.165, 1.54) is 82.4 Å². The molecule has 0 fully saturated rings. The summed E-state index contributed by atoms with van der Waals surface area (Å²) < 4.78 is 2.41. The third-order valence-electron chi connectivity index (χ3n) is 11.6. The van der Waals surface area contributed by atoms with Crippen LogP contribution in [0.4, 0.5) is 17.1 Å². The number of para-hydroxylation sites is 3. The van der Waals surface area contributed by atoms with Crippen LogP contribution >= 0.6 is 0 Å². The van der Waals surface area contributed by atoms with E-state index in [2.05, 4.69) is 240 Å². The minimum absolute atomic E-state index is 1.11. The summed E-state index contributed by atoms with van der Waals surface area (Å²) in [6.45, 7) is 0. The molecule has 2 nitrogen and oxygen atoms in total. The van der Waals surface area contributed by atoms with Gasteiger partial charge >= 0.3 is 0 Å². The number of rotatable bonds is 7. The van der Waals surface area contributed by atoms with Crippen molar-refractivity contribution in [2.24, 2.45) is 0 Å². The standard InChI is InChI=1S/C56H38N2/c1-3-17-47-41(13-1)15-11-22-48(47)43-33-37-46(38-34-43)57(53-26-12-16-42-14-2-4-18-49(42)53)45-35-31-40(32-36-45)39-27-29-44(30-28-39)50-19-5-8-23-54(50)58-55-24-9-6-20-51(55)52-21-7-10-25-56(52)58/h1-38H. The smallest absolute Gasteiger partial charge is 0.0541 e. The fourth-order valence-corrected chi connectivity index (χ4v) is 8.84. The zero-order valence-electron chi connectivity index (χ0n) is 31.8. The first-order valence-electron chi connectivity index (χ1n) is 19.9. The number of anilines is 3. The SMILES string of the molecule is c1ccc(-n2c3ccccc3c3ccccc32)c(-c2ccc(-c3ccc(N(c4ccc(-c5cccc6ccccc56)cc4)c4cccc5ccccc45)cc3)cc2)c1. The van der Waals surface area contributed by atoms with E-state index in [1.807, 2.05) is 0 Å². The molecule has 0 amide bonds. The molecule has 11 aromatic rings. The molecule has 0 saturated heterocycles. The second kappa shape index (κ2) is 14.1. The molecule has 0 atom stereocenters. The third kappa shape index (κ3) is 5.74. The van der Waals surface area contributed by atoms with Crippen LogP contribution in [0.5, 0.6) is 0 Å². The topological polar surface area (TPSA) is 8.17 Å². The van der Waals surface area contributed by atoms with Crippen LogP contribution in [0.25, 0.3) is 82.4 Å². The maximum Gasteiger partial charge on any atom is 0.0541 e. The summed E-state index contributed by atoms with van der Waals surface area (Å²) in [7, 11) is 0. The molecule has 0 saturated carbocycles. The molecule has 0 aliphatic carbocycles. The normalized spacial score (nSPS) is 11.4. The molecule has 58 heavy (non-hydrogen) atoms. The first-order valence-corrected chi connectivity index (χ1v) is 19.9. The Morgan fingerprint density at radius 2 is 0.690 bits per heavy atom. The molecule has 0 aliphatic heterocycles. The minimum atomic E-state index is 1.11. The summed E-state index contributed by atoms with van der Waals surface area (Å²) >= 11 is 0. The van der Waals surface area contributed by atoms with E-state index < -0.39 is 0 Å². The molecule has 1 heterocycles. The molecule has 10 aromatic carbocycles. The predicted octanol–water partition coefficient (Wildman–Crippen LogP) is 15.6. The molecule has 1 aromatic heterocycles. The maximum absolute atomic E-state index is 2.41. The highest BCUT2D eigenvalue weighted by Gasteiger charge is 2.18. The Balaban J connectivity index is 0.950. The van der Waals surface area contributed by atoms with Crippen molar-refractivity contribution in [2.45, 2.75) is 0 Å². The highest BCUT2D eigenvalue weighted by molar-refractivity contribution is 6.10. The van der Waals surface area contributed by atoms with Gasteiger partial charge in [-0.1, -0.05) is 182 Å². The lowest BCUT2D eigenvalue weighted by atomic mass is 9.97. The number of nitrogens with zero attached hydrogens (tertiary/aromatic N) is 2. The van der Waals surface area contributed by atoms with E-state index >= 15 is 0 Å². The average molecular weight is 739 g/mol. The zero-order valence-corrected chi connectivity index (χ0v) is 31.8. The Hall–Kier alpha value is -7.68. The van der Waals surface area contributed by atoms with E-state index in [9.17, 15) is 0 Å². The fourth-order valence-electron chi connectivity index (χ4n) is 8.84. The van der Waals surface area contributed by atoms with Gasteiger partial charge in [0.05, 0.1) is 22.4 Å². The molecular formula is C56H38N2. The summed E-state index contributed by atoms with van der Waals surface area (Å²) in [6.07, 6.45) is 0. The van der Waals surface area contributed by atoms with Gasteiger partial charge < -0.3 is 9.47 Å². The lowest BCUT2D eigenvalue weighted by Crippen LogP contribution is -2.10. The Labute approximate surface area is 338 Å². The minimum Gasteiger partial charge on any atom is -0.310 e. The third-order valence-corrected chi connectivity index (χ3v) is 11.6. The highest BCUT2D eigenvalue weighted by Crippen LogP contribution is 2.41. The van der Waals surface area contributed by atoms with Crippen molar-refractivity contribution in [1.29, 1.82) is 0 Å². The van der Waals surface area contributed by atoms with Gasteiger partial charge in [-0.3, -0.25) is 0 Å². The summed E-state index contributed by atoms with van der Waals surface area (Å²) in [6, 6.07) is 83.6. The van der Waals surface area contributed by atoms with E-state index in [4.69, 9.17) is 0 Å². The fraction of sp³-hybridized carbons (Fsp3) is 0. The Morgan fingerprint density at radius 1 is 0.276 bits per heavy atom. The summed E-state index contributed by atoms with van der Waals surface area (Å²) in [5.41, 5.74) is 14.2. The average Bonchev–Trinajstić information content (AvgIpc) is 3.64. The molecule has 2 heteroatoms. The van der Waals surface area contributed by atoms with Crippen molar-refractivity contribution in [2.75, 3.05) is 4.90 Å². The molecular weight excluding hydrogens is 701 g/mol. The Kier molecular flexibility index (Phi) is 8.19. The lowest BCUT2D eigenvalue weighted by Gasteiger charge is -2.27. The van der Waals surface area contributed by atoms with E-state index in [1.54, 1.807) is 0 Å². The molecule has 0 N–H and O–H groups in total. The van der Waals surface area contributed by atoms with Gasteiger partial charge in [-0.05, 0) is 92.5 Å². The van der Waals surface area contributed by atoms with E-state index in [0.717, 1.165) is 17.1 Å². The van der Waals surface area contributed by atoms with Crippen LogP contribution in [-0.2, 0) is 0 Å². The van der Waals surface area contributed by atoms with Crippen LogP contribution in [0.2, 0.25) is 0 Å². The molecule has 0 aliphatic rings. The van der Waals surface area contributed by atoms with Crippen LogP contribution < -0.4 is 4.90 Å². The molecule has 0 bridgehead atoms. The first kappa shape index (κ1) is 33.6. The van der Waals surface area contributed by atoms with Gasteiger partial charge in [0.1, 0.15) is 0 Å². The van der Waals surface area contributed by atoms with Crippen molar-refractivity contribution < 1.29 is 0 Å². The van der Waals surface area contributed by atoms with Crippen LogP contribution in [0.15, 0.2) is 231 Å². The number of aromatic nitrogens is 1. The van der Waals surface area contributed by atoms with Gasteiger partial charge in [-0.15, -0.1) is 0 Å². The van der Waals surface area contributed by atoms with Crippen LogP contribution in [0, 0.1) is 0 Å². The van der Waals surface area contributed by atoms with Crippen molar-refractivity contribution in [1.82, 2.24) is 4.57 Å². The summed E-state index contributed by atoms with van der Waals surface area (Å²) in [4.78, 5) is 2.38. The van der Waals surface area contributed by atoms with Crippen molar-refractivity contribution >= 4 is 60.4 Å². The van der Waals surface area contributed by atoms with Crippen molar-refractivity contribution in [3.8, 4) is 39.1 Å². The quantitative estimate of drug-likeness (QED) is 0.158. The number of hydrogen-bond acceptors (Lipinski definition) is 1. The largest absolute Gasteiger partial charge is 0.310 e. The van der Waals surface area contributed by atoms with Gasteiger partial charge in [-0.2, -0.15) is 0 Å². The molecule has 0 unspecified atom stereocenters. The van der Waals surface area contributed by atoms with Crippen LogP contribution in [0.1, 0.15) is 0 Å². The number of benzene rings is 10. The number of hydrogen-bond donors (Lipinski definition) is 0. The molecule has 0 radical (unpaired) electrons. The van der Waals surface area contributed by atoms with Crippen molar-refractivity contribution in [3.63, 3.8) is 0 Å². The Morgan fingerprint density at radius 3 is 1.34 bits per heavy atom. The molecule has 272 valence electrons. The monoisotopic (exact) mass is 738 g/mol. The van der Waals surface area contributed by atoms with Gasteiger partial charge in [0.15, 0.2) is 0 Å². The lowest BCUT2D eigenvalue weighted by molar-refractivity contribution is 1.18. The maximum atomic E-state index is 2.41. The molecule has 0 spiro atoms. The Bertz CT molecular complexity index is 3200. The molecule has 11 rings (SSSR count). The van der Waals surface area contributed by atoms with Crippen LogP contribution in [0.3, 0.4) is 0 Å².